The maximum Gasteiger partial charge on any atom is 0.0798 e. The summed E-state index contributed by atoms with van der Waals surface area (Å²) in [6, 6.07) is 0. The van der Waals surface area contributed by atoms with Crippen molar-refractivity contribution in [2.24, 2.45) is 5.41 Å². The van der Waals surface area contributed by atoms with Gasteiger partial charge in [0.05, 0.1) is 24.4 Å². The maximum atomic E-state index is 9.22. The second kappa shape index (κ2) is 5.72. The summed E-state index contributed by atoms with van der Waals surface area (Å²) in [7, 11) is 1.99. The van der Waals surface area contributed by atoms with Gasteiger partial charge in [0.15, 0.2) is 0 Å². The Morgan fingerprint density at radius 3 is 2.50 bits per heavy atom. The summed E-state index contributed by atoms with van der Waals surface area (Å²) in [4.78, 5) is 7.54. The fraction of sp³-hybridized carbons (Fsp3) is 0.727. The molecule has 4 nitrogen and oxygen atoms in total. The van der Waals surface area contributed by atoms with E-state index in [0.717, 1.165) is 12.2 Å². The minimum Gasteiger partial charge on any atom is -0.396 e. The largest absolute Gasteiger partial charge is 0.396 e. The molecule has 0 spiro atoms. The molecule has 0 fully saturated rings. The number of hydrogen-bond acceptors (Lipinski definition) is 5. The molecule has 1 aromatic heterocycles. The molecule has 0 aliphatic rings. The molecular formula is C11H20N2O2S. The molecule has 0 aliphatic heterocycles. The molecule has 0 saturated carbocycles. The highest BCUT2D eigenvalue weighted by atomic mass is 32.1. The Morgan fingerprint density at radius 1 is 1.44 bits per heavy atom. The van der Waals surface area contributed by atoms with Crippen molar-refractivity contribution in [1.29, 1.82) is 0 Å². The summed E-state index contributed by atoms with van der Waals surface area (Å²) in [5.41, 5.74) is 2.47. The molecule has 2 N–H and O–H groups in total. The van der Waals surface area contributed by atoms with E-state index < -0.39 is 5.41 Å². The lowest BCUT2D eigenvalue weighted by Gasteiger charge is -2.30. The van der Waals surface area contributed by atoms with Gasteiger partial charge >= 0.3 is 0 Å². The van der Waals surface area contributed by atoms with Crippen LogP contribution in [0, 0.1) is 12.3 Å². The smallest absolute Gasteiger partial charge is 0.0798 e. The third-order valence-corrected chi connectivity index (χ3v) is 3.59. The average molecular weight is 244 g/mol. The van der Waals surface area contributed by atoms with Crippen molar-refractivity contribution in [3.63, 3.8) is 0 Å². The number of nitrogens with zero attached hydrogens (tertiary/aromatic N) is 2. The summed E-state index contributed by atoms with van der Waals surface area (Å²) in [5, 5.41) is 18.4. The van der Waals surface area contributed by atoms with E-state index in [0.29, 0.717) is 6.54 Å². The van der Waals surface area contributed by atoms with Crippen LogP contribution in [0.15, 0.2) is 5.51 Å². The lowest BCUT2D eigenvalue weighted by atomic mass is 9.92. The van der Waals surface area contributed by atoms with Gasteiger partial charge in [-0.25, -0.2) is 4.98 Å². The van der Waals surface area contributed by atoms with Crippen molar-refractivity contribution in [2.45, 2.75) is 20.4 Å². The van der Waals surface area contributed by atoms with Gasteiger partial charge in [-0.2, -0.15) is 0 Å². The van der Waals surface area contributed by atoms with Crippen LogP contribution in [0.1, 0.15) is 17.5 Å². The van der Waals surface area contributed by atoms with Gasteiger partial charge in [0.1, 0.15) is 0 Å². The summed E-state index contributed by atoms with van der Waals surface area (Å²) in [5.74, 6) is 0. The van der Waals surface area contributed by atoms with Crippen molar-refractivity contribution in [1.82, 2.24) is 9.88 Å². The average Bonchev–Trinajstić information content (AvgIpc) is 2.64. The van der Waals surface area contributed by atoms with Crippen molar-refractivity contribution in [3.05, 3.63) is 16.1 Å². The van der Waals surface area contributed by atoms with Gasteiger partial charge in [-0.05, 0) is 14.0 Å². The molecule has 92 valence electrons. The van der Waals surface area contributed by atoms with E-state index in [4.69, 9.17) is 0 Å². The molecule has 0 unspecified atom stereocenters. The van der Waals surface area contributed by atoms with Crippen LogP contribution in [0.5, 0.6) is 0 Å². The summed E-state index contributed by atoms with van der Waals surface area (Å²) < 4.78 is 0. The van der Waals surface area contributed by atoms with Crippen LogP contribution in [-0.2, 0) is 6.54 Å². The molecule has 1 rings (SSSR count). The topological polar surface area (TPSA) is 56.6 Å². The third kappa shape index (κ3) is 3.52. The first-order valence-electron chi connectivity index (χ1n) is 5.30. The van der Waals surface area contributed by atoms with Gasteiger partial charge in [0.25, 0.3) is 0 Å². The first-order valence-corrected chi connectivity index (χ1v) is 6.18. The molecule has 1 heterocycles. The Hall–Kier alpha value is -0.490. The van der Waals surface area contributed by atoms with Gasteiger partial charge in [0, 0.05) is 23.4 Å². The minimum absolute atomic E-state index is 0.00445. The number of rotatable bonds is 6. The fourth-order valence-electron chi connectivity index (χ4n) is 1.58. The van der Waals surface area contributed by atoms with Gasteiger partial charge in [-0.1, -0.05) is 6.92 Å². The Morgan fingerprint density at radius 2 is 2.06 bits per heavy atom. The highest BCUT2D eigenvalue weighted by Crippen LogP contribution is 2.19. The van der Waals surface area contributed by atoms with E-state index >= 15 is 0 Å². The van der Waals surface area contributed by atoms with Crippen LogP contribution >= 0.6 is 11.3 Å². The Balaban J connectivity index is 2.53. The molecule has 16 heavy (non-hydrogen) atoms. The van der Waals surface area contributed by atoms with Crippen LogP contribution in [0.3, 0.4) is 0 Å². The number of aliphatic hydroxyl groups excluding tert-OH is 2. The van der Waals surface area contributed by atoms with Gasteiger partial charge in [0.2, 0.25) is 0 Å². The number of aromatic nitrogens is 1. The van der Waals surface area contributed by atoms with Crippen LogP contribution < -0.4 is 0 Å². The van der Waals surface area contributed by atoms with Gasteiger partial charge < -0.3 is 15.1 Å². The first-order chi connectivity index (χ1) is 7.50. The normalized spacial score (nSPS) is 12.4. The number of aliphatic hydroxyl groups is 2. The zero-order valence-electron chi connectivity index (χ0n) is 10.1. The van der Waals surface area contributed by atoms with Crippen LogP contribution in [-0.4, -0.2) is 46.9 Å². The second-order valence-electron chi connectivity index (χ2n) is 4.66. The molecule has 0 saturated heterocycles. The zero-order chi connectivity index (χ0) is 12.2. The highest BCUT2D eigenvalue weighted by molar-refractivity contribution is 7.09. The lowest BCUT2D eigenvalue weighted by Crippen LogP contribution is -2.38. The number of hydrogen-bond donors (Lipinski definition) is 2. The number of thiazole rings is 1. The van der Waals surface area contributed by atoms with Crippen molar-refractivity contribution in [3.8, 4) is 0 Å². The lowest BCUT2D eigenvalue weighted by molar-refractivity contribution is 0.0404. The van der Waals surface area contributed by atoms with E-state index in [2.05, 4.69) is 9.88 Å². The quantitative estimate of drug-likeness (QED) is 0.780. The van der Waals surface area contributed by atoms with E-state index in [1.807, 2.05) is 26.4 Å². The SMILES string of the molecule is Cc1ncsc1CN(C)CC(C)(CO)CO. The highest BCUT2D eigenvalue weighted by Gasteiger charge is 2.24. The summed E-state index contributed by atoms with van der Waals surface area (Å²) >= 11 is 1.64. The van der Waals surface area contributed by atoms with E-state index in [9.17, 15) is 10.2 Å². The van der Waals surface area contributed by atoms with Gasteiger partial charge in [-0.3, -0.25) is 0 Å². The first kappa shape index (κ1) is 13.6. The second-order valence-corrected chi connectivity index (χ2v) is 5.60. The van der Waals surface area contributed by atoms with Crippen LogP contribution in [0.4, 0.5) is 0 Å². The van der Waals surface area contributed by atoms with E-state index in [-0.39, 0.29) is 13.2 Å². The van der Waals surface area contributed by atoms with Crippen molar-refractivity contribution < 1.29 is 10.2 Å². The molecule has 0 aromatic carbocycles. The van der Waals surface area contributed by atoms with Gasteiger partial charge in [-0.15, -0.1) is 11.3 Å². The van der Waals surface area contributed by atoms with E-state index in [1.165, 1.54) is 4.88 Å². The standard InChI is InChI=1S/C11H20N2O2S/c1-9-10(16-8-12-9)4-13(3)5-11(2,6-14)7-15/h8,14-15H,4-7H2,1-3H3. The Bertz CT molecular complexity index is 324. The predicted octanol–water partition coefficient (Wildman–Crippen LogP) is 0.874. The van der Waals surface area contributed by atoms with Crippen LogP contribution in [0.2, 0.25) is 0 Å². The molecule has 0 radical (unpaired) electrons. The third-order valence-electron chi connectivity index (χ3n) is 2.67. The molecule has 1 aromatic rings. The molecule has 0 amide bonds. The Kier molecular flexibility index (Phi) is 4.86. The predicted molar refractivity (Wildman–Crippen MR) is 65.5 cm³/mol. The Labute approximate surface area is 101 Å². The van der Waals surface area contributed by atoms with Crippen molar-refractivity contribution >= 4 is 11.3 Å². The van der Waals surface area contributed by atoms with E-state index in [1.54, 1.807) is 11.3 Å². The molecule has 0 atom stereocenters. The zero-order valence-corrected chi connectivity index (χ0v) is 10.9. The van der Waals surface area contributed by atoms with Crippen LogP contribution in [0.25, 0.3) is 0 Å². The molecular weight excluding hydrogens is 224 g/mol. The number of aryl methyl sites for hydroxylation is 1. The molecule has 0 aliphatic carbocycles. The molecule has 5 heteroatoms. The summed E-state index contributed by atoms with van der Waals surface area (Å²) in [6.07, 6.45) is 0. The maximum absolute atomic E-state index is 9.22. The molecule has 0 bridgehead atoms. The fourth-order valence-corrected chi connectivity index (χ4v) is 2.44. The minimum atomic E-state index is -0.437. The monoisotopic (exact) mass is 244 g/mol. The van der Waals surface area contributed by atoms with Crippen molar-refractivity contribution in [2.75, 3.05) is 26.8 Å². The summed E-state index contributed by atoms with van der Waals surface area (Å²) in [6.45, 7) is 5.34.